The topological polar surface area (TPSA) is 58.6 Å². The van der Waals surface area contributed by atoms with E-state index in [0.29, 0.717) is 30.3 Å². The van der Waals surface area contributed by atoms with Gasteiger partial charge < -0.3 is 14.5 Å². The van der Waals surface area contributed by atoms with E-state index < -0.39 is 0 Å². The number of rotatable bonds is 3. The highest BCUT2D eigenvalue weighted by molar-refractivity contribution is 5.97. The molecule has 0 bridgehead atoms. The Morgan fingerprint density at radius 3 is 2.74 bits per heavy atom. The fourth-order valence-electron chi connectivity index (χ4n) is 3.96. The van der Waals surface area contributed by atoms with Gasteiger partial charge in [0.15, 0.2) is 0 Å². The molecule has 1 aromatic heterocycles. The van der Waals surface area contributed by atoms with Gasteiger partial charge in [-0.15, -0.1) is 0 Å². The molecule has 4 rings (SSSR count). The van der Waals surface area contributed by atoms with Crippen LogP contribution in [-0.4, -0.2) is 59.5 Å². The molecular weight excluding hydrogens is 340 g/mol. The van der Waals surface area contributed by atoms with Crippen LogP contribution in [0.15, 0.2) is 30.5 Å². The van der Waals surface area contributed by atoms with Crippen LogP contribution in [0.3, 0.4) is 0 Å². The number of carbonyl (C=O) groups excluding carboxylic acids is 1. The maximum absolute atomic E-state index is 12.9. The number of hydrogen-bond donors (Lipinski definition) is 0. The SMILES string of the molecule is COc1ccccc1C(=O)N1CCc2nc(C3CCN(C)CC3)ncc2C1. The van der Waals surface area contributed by atoms with E-state index in [1.54, 1.807) is 7.11 Å². The number of ether oxygens (including phenoxy) is 1. The van der Waals surface area contributed by atoms with Gasteiger partial charge in [0, 0.05) is 37.2 Å². The van der Waals surface area contributed by atoms with Crippen LogP contribution in [0.1, 0.15) is 46.2 Å². The second-order valence-electron chi connectivity index (χ2n) is 7.45. The van der Waals surface area contributed by atoms with E-state index in [1.807, 2.05) is 35.4 Å². The number of para-hydroxylation sites is 1. The molecular formula is C21H26N4O2. The number of piperidine rings is 1. The number of carbonyl (C=O) groups is 1. The highest BCUT2D eigenvalue weighted by Gasteiger charge is 2.27. The van der Waals surface area contributed by atoms with E-state index in [2.05, 4.69) is 16.9 Å². The summed E-state index contributed by atoms with van der Waals surface area (Å²) in [4.78, 5) is 26.7. The summed E-state index contributed by atoms with van der Waals surface area (Å²) in [5.41, 5.74) is 2.76. The Balaban J connectivity index is 1.49. The van der Waals surface area contributed by atoms with Gasteiger partial charge in [-0.2, -0.15) is 0 Å². The minimum Gasteiger partial charge on any atom is -0.496 e. The lowest BCUT2D eigenvalue weighted by molar-refractivity contribution is 0.0729. The molecule has 6 heteroatoms. The summed E-state index contributed by atoms with van der Waals surface area (Å²) in [7, 11) is 3.76. The summed E-state index contributed by atoms with van der Waals surface area (Å²) >= 11 is 0. The van der Waals surface area contributed by atoms with Crippen LogP contribution in [0.5, 0.6) is 5.75 Å². The molecule has 6 nitrogen and oxygen atoms in total. The molecule has 0 spiro atoms. The van der Waals surface area contributed by atoms with E-state index in [0.717, 1.165) is 49.4 Å². The average Bonchev–Trinajstić information content (AvgIpc) is 2.73. The normalized spacial score (nSPS) is 18.2. The van der Waals surface area contributed by atoms with Gasteiger partial charge in [0.05, 0.1) is 18.4 Å². The standard InChI is InChI=1S/C21H26N4O2/c1-24-10-7-15(8-11-24)20-22-13-16-14-25(12-9-18(16)23-20)21(26)17-5-3-4-6-19(17)27-2/h3-6,13,15H,7-12,14H2,1-2H3. The maximum atomic E-state index is 12.9. The average molecular weight is 366 g/mol. The Bertz CT molecular complexity index is 831. The number of likely N-dealkylation sites (tertiary alicyclic amines) is 1. The fourth-order valence-corrected chi connectivity index (χ4v) is 3.96. The predicted octanol–water partition coefficient (Wildman–Crippen LogP) is 2.49. The van der Waals surface area contributed by atoms with Crippen molar-refractivity contribution in [3.05, 3.63) is 53.1 Å². The van der Waals surface area contributed by atoms with Crippen molar-refractivity contribution in [3.8, 4) is 5.75 Å². The van der Waals surface area contributed by atoms with Gasteiger partial charge in [-0.05, 0) is 45.1 Å². The number of amides is 1. The van der Waals surface area contributed by atoms with Gasteiger partial charge in [0.2, 0.25) is 0 Å². The number of aromatic nitrogens is 2. The van der Waals surface area contributed by atoms with Crippen molar-refractivity contribution in [2.45, 2.75) is 31.7 Å². The molecule has 0 N–H and O–H groups in total. The monoisotopic (exact) mass is 366 g/mol. The second-order valence-corrected chi connectivity index (χ2v) is 7.45. The zero-order chi connectivity index (χ0) is 18.8. The van der Waals surface area contributed by atoms with Crippen LogP contribution >= 0.6 is 0 Å². The molecule has 2 aliphatic rings. The predicted molar refractivity (Wildman–Crippen MR) is 103 cm³/mol. The molecule has 3 heterocycles. The zero-order valence-corrected chi connectivity index (χ0v) is 16.0. The molecule has 1 amide bonds. The first-order valence-corrected chi connectivity index (χ1v) is 9.61. The Labute approximate surface area is 160 Å². The van der Waals surface area contributed by atoms with Crippen molar-refractivity contribution in [3.63, 3.8) is 0 Å². The zero-order valence-electron chi connectivity index (χ0n) is 16.0. The van der Waals surface area contributed by atoms with Crippen LogP contribution in [0.25, 0.3) is 0 Å². The molecule has 2 aromatic rings. The molecule has 1 aromatic carbocycles. The first kappa shape index (κ1) is 17.9. The summed E-state index contributed by atoms with van der Waals surface area (Å²) in [5.74, 6) is 2.05. The highest BCUT2D eigenvalue weighted by atomic mass is 16.5. The van der Waals surface area contributed by atoms with Crippen molar-refractivity contribution < 1.29 is 9.53 Å². The molecule has 1 fully saturated rings. The van der Waals surface area contributed by atoms with Gasteiger partial charge in [-0.3, -0.25) is 4.79 Å². The molecule has 0 atom stereocenters. The van der Waals surface area contributed by atoms with Crippen molar-refractivity contribution in [2.24, 2.45) is 0 Å². The molecule has 27 heavy (non-hydrogen) atoms. The minimum absolute atomic E-state index is 0.00232. The largest absolute Gasteiger partial charge is 0.496 e. The Kier molecular flexibility index (Phi) is 5.07. The third-order valence-corrected chi connectivity index (χ3v) is 5.66. The maximum Gasteiger partial charge on any atom is 0.257 e. The van der Waals surface area contributed by atoms with Crippen LogP contribution in [0, 0.1) is 0 Å². The third kappa shape index (κ3) is 3.67. The molecule has 1 saturated heterocycles. The van der Waals surface area contributed by atoms with Gasteiger partial charge in [0.1, 0.15) is 11.6 Å². The van der Waals surface area contributed by atoms with Gasteiger partial charge in [-0.1, -0.05) is 12.1 Å². The molecule has 142 valence electrons. The minimum atomic E-state index is -0.00232. The van der Waals surface area contributed by atoms with Crippen LogP contribution < -0.4 is 4.74 Å². The van der Waals surface area contributed by atoms with Gasteiger partial charge in [-0.25, -0.2) is 9.97 Å². The Hall–Kier alpha value is -2.47. The Morgan fingerprint density at radius 1 is 1.19 bits per heavy atom. The molecule has 0 aliphatic carbocycles. The summed E-state index contributed by atoms with van der Waals surface area (Å²) < 4.78 is 5.34. The van der Waals surface area contributed by atoms with Crippen molar-refractivity contribution in [1.29, 1.82) is 0 Å². The lowest BCUT2D eigenvalue weighted by Gasteiger charge is -2.31. The number of benzene rings is 1. The van der Waals surface area contributed by atoms with E-state index in [-0.39, 0.29) is 5.91 Å². The van der Waals surface area contributed by atoms with Crippen LogP contribution in [0.4, 0.5) is 0 Å². The number of fused-ring (bicyclic) bond motifs is 1. The molecule has 0 unspecified atom stereocenters. The Morgan fingerprint density at radius 2 is 1.96 bits per heavy atom. The molecule has 0 saturated carbocycles. The lowest BCUT2D eigenvalue weighted by atomic mass is 9.95. The summed E-state index contributed by atoms with van der Waals surface area (Å²) in [6, 6.07) is 7.38. The molecule has 2 aliphatic heterocycles. The van der Waals surface area contributed by atoms with Gasteiger partial charge in [0.25, 0.3) is 5.91 Å². The summed E-state index contributed by atoms with van der Waals surface area (Å²) in [5, 5.41) is 0. The van der Waals surface area contributed by atoms with Gasteiger partial charge >= 0.3 is 0 Å². The quantitative estimate of drug-likeness (QED) is 0.835. The van der Waals surface area contributed by atoms with Crippen LogP contribution in [0.2, 0.25) is 0 Å². The lowest BCUT2D eigenvalue weighted by Crippen LogP contribution is -2.37. The van der Waals surface area contributed by atoms with Crippen molar-refractivity contribution in [2.75, 3.05) is 33.8 Å². The van der Waals surface area contributed by atoms with E-state index in [1.165, 1.54) is 0 Å². The highest BCUT2D eigenvalue weighted by Crippen LogP contribution is 2.27. The first-order valence-electron chi connectivity index (χ1n) is 9.61. The van der Waals surface area contributed by atoms with Crippen LogP contribution in [-0.2, 0) is 13.0 Å². The number of nitrogens with zero attached hydrogens (tertiary/aromatic N) is 4. The summed E-state index contributed by atoms with van der Waals surface area (Å²) in [6.07, 6.45) is 4.94. The van der Waals surface area contributed by atoms with E-state index in [4.69, 9.17) is 9.72 Å². The summed E-state index contributed by atoms with van der Waals surface area (Å²) in [6.45, 7) is 3.44. The number of hydrogen-bond acceptors (Lipinski definition) is 5. The second kappa shape index (κ2) is 7.64. The fraction of sp³-hybridized carbons (Fsp3) is 0.476. The smallest absolute Gasteiger partial charge is 0.257 e. The molecule has 0 radical (unpaired) electrons. The van der Waals surface area contributed by atoms with E-state index >= 15 is 0 Å². The van der Waals surface area contributed by atoms with E-state index in [9.17, 15) is 4.79 Å². The van der Waals surface area contributed by atoms with Crippen molar-refractivity contribution in [1.82, 2.24) is 19.8 Å². The van der Waals surface area contributed by atoms with Crippen molar-refractivity contribution >= 4 is 5.91 Å². The number of methoxy groups -OCH3 is 1. The third-order valence-electron chi connectivity index (χ3n) is 5.66. The first-order chi connectivity index (χ1) is 13.2.